The molecule has 0 aliphatic carbocycles. The van der Waals surface area contributed by atoms with Crippen LogP contribution in [0.25, 0.3) is 0 Å². The first-order valence-electron chi connectivity index (χ1n) is 5.94. The second kappa shape index (κ2) is 7.76. The van der Waals surface area contributed by atoms with Crippen molar-refractivity contribution in [1.29, 1.82) is 0 Å². The number of nitrogens with zero attached hydrogens (tertiary/aromatic N) is 1. The molecular formula is C12H22N2OS. The molecule has 1 aromatic heterocycles. The van der Waals surface area contributed by atoms with E-state index in [2.05, 4.69) is 36.5 Å². The minimum atomic E-state index is 0.616. The molecule has 16 heavy (non-hydrogen) atoms. The zero-order valence-electron chi connectivity index (χ0n) is 10.5. The molecule has 0 aliphatic rings. The van der Waals surface area contributed by atoms with Crippen molar-refractivity contribution in [2.45, 2.75) is 33.7 Å². The summed E-state index contributed by atoms with van der Waals surface area (Å²) in [5, 5.41) is 6.67. The van der Waals surface area contributed by atoms with Crippen LogP contribution in [0.2, 0.25) is 0 Å². The van der Waals surface area contributed by atoms with Gasteiger partial charge < -0.3 is 10.1 Å². The quantitative estimate of drug-likeness (QED) is 0.711. The van der Waals surface area contributed by atoms with Crippen molar-refractivity contribution in [3.05, 3.63) is 16.1 Å². The zero-order chi connectivity index (χ0) is 11.8. The van der Waals surface area contributed by atoms with Crippen molar-refractivity contribution in [3.8, 4) is 0 Å². The Labute approximate surface area is 102 Å². The molecule has 0 fully saturated rings. The summed E-state index contributed by atoms with van der Waals surface area (Å²) in [6.45, 7) is 9.83. The van der Waals surface area contributed by atoms with Crippen LogP contribution in [-0.2, 0) is 17.7 Å². The molecule has 1 rings (SSSR count). The van der Waals surface area contributed by atoms with Gasteiger partial charge in [-0.25, -0.2) is 4.98 Å². The van der Waals surface area contributed by atoms with Gasteiger partial charge in [-0.15, -0.1) is 11.3 Å². The van der Waals surface area contributed by atoms with Crippen LogP contribution >= 0.6 is 11.3 Å². The highest BCUT2D eigenvalue weighted by Crippen LogP contribution is 2.09. The number of rotatable bonds is 8. The zero-order valence-corrected chi connectivity index (χ0v) is 11.3. The van der Waals surface area contributed by atoms with Crippen LogP contribution in [-0.4, -0.2) is 24.7 Å². The lowest BCUT2D eigenvalue weighted by atomic mass is 10.2. The van der Waals surface area contributed by atoms with Gasteiger partial charge in [-0.1, -0.05) is 20.8 Å². The minimum Gasteiger partial charge on any atom is -0.380 e. The van der Waals surface area contributed by atoms with Gasteiger partial charge in [0.1, 0.15) is 0 Å². The average molecular weight is 242 g/mol. The Morgan fingerprint density at radius 2 is 2.31 bits per heavy atom. The molecule has 1 N–H and O–H groups in total. The summed E-state index contributed by atoms with van der Waals surface area (Å²) < 4.78 is 5.48. The second-order valence-electron chi connectivity index (χ2n) is 4.23. The molecule has 0 saturated heterocycles. The van der Waals surface area contributed by atoms with Gasteiger partial charge in [0.2, 0.25) is 0 Å². The Balaban J connectivity index is 2.02. The third-order valence-electron chi connectivity index (χ3n) is 2.08. The molecule has 0 atom stereocenters. The van der Waals surface area contributed by atoms with E-state index in [4.69, 9.17) is 4.74 Å². The summed E-state index contributed by atoms with van der Waals surface area (Å²) in [7, 11) is 0. The lowest BCUT2D eigenvalue weighted by Gasteiger charge is -2.06. The van der Waals surface area contributed by atoms with Crippen molar-refractivity contribution < 1.29 is 4.74 Å². The van der Waals surface area contributed by atoms with Crippen LogP contribution in [0.4, 0.5) is 0 Å². The first-order chi connectivity index (χ1) is 7.72. The summed E-state index contributed by atoms with van der Waals surface area (Å²) in [5.74, 6) is 0.616. The number of hydrogen-bond acceptors (Lipinski definition) is 4. The SMILES string of the molecule is CCc1nc(CNCCOCC(C)C)cs1. The average Bonchev–Trinajstić information content (AvgIpc) is 2.70. The highest BCUT2D eigenvalue weighted by molar-refractivity contribution is 7.09. The summed E-state index contributed by atoms with van der Waals surface area (Å²) >= 11 is 1.74. The molecular weight excluding hydrogens is 220 g/mol. The van der Waals surface area contributed by atoms with Crippen LogP contribution < -0.4 is 5.32 Å². The molecule has 92 valence electrons. The van der Waals surface area contributed by atoms with Crippen molar-refractivity contribution in [1.82, 2.24) is 10.3 Å². The van der Waals surface area contributed by atoms with Gasteiger partial charge >= 0.3 is 0 Å². The summed E-state index contributed by atoms with van der Waals surface area (Å²) in [5.41, 5.74) is 1.14. The Hall–Kier alpha value is -0.450. The first-order valence-corrected chi connectivity index (χ1v) is 6.82. The number of thiazole rings is 1. The second-order valence-corrected chi connectivity index (χ2v) is 5.17. The summed E-state index contributed by atoms with van der Waals surface area (Å²) in [4.78, 5) is 4.49. The normalized spacial score (nSPS) is 11.2. The van der Waals surface area contributed by atoms with Crippen LogP contribution in [0.3, 0.4) is 0 Å². The van der Waals surface area contributed by atoms with Crippen molar-refractivity contribution in [2.24, 2.45) is 5.92 Å². The molecule has 1 aromatic rings. The van der Waals surface area contributed by atoms with Gasteiger partial charge in [0.05, 0.1) is 17.3 Å². The monoisotopic (exact) mass is 242 g/mol. The maximum atomic E-state index is 5.48. The lowest BCUT2D eigenvalue weighted by molar-refractivity contribution is 0.111. The highest BCUT2D eigenvalue weighted by Gasteiger charge is 1.99. The number of ether oxygens (including phenoxy) is 1. The Bertz CT molecular complexity index is 286. The summed E-state index contributed by atoms with van der Waals surface area (Å²) in [6, 6.07) is 0. The van der Waals surface area contributed by atoms with E-state index in [9.17, 15) is 0 Å². The third kappa shape index (κ3) is 5.58. The van der Waals surface area contributed by atoms with Crippen LogP contribution in [0, 0.1) is 5.92 Å². The molecule has 3 nitrogen and oxygen atoms in total. The fourth-order valence-electron chi connectivity index (χ4n) is 1.27. The predicted molar refractivity (Wildman–Crippen MR) is 68.9 cm³/mol. The predicted octanol–water partition coefficient (Wildman–Crippen LogP) is 2.47. The molecule has 0 bridgehead atoms. The van der Waals surface area contributed by atoms with E-state index in [0.717, 1.165) is 38.4 Å². The maximum Gasteiger partial charge on any atom is 0.0926 e. The molecule has 0 saturated carbocycles. The Morgan fingerprint density at radius 3 is 2.94 bits per heavy atom. The summed E-state index contributed by atoms with van der Waals surface area (Å²) in [6.07, 6.45) is 1.03. The van der Waals surface area contributed by atoms with Crippen molar-refractivity contribution in [2.75, 3.05) is 19.8 Å². The van der Waals surface area contributed by atoms with Crippen molar-refractivity contribution >= 4 is 11.3 Å². The van der Waals surface area contributed by atoms with Crippen LogP contribution in [0.1, 0.15) is 31.5 Å². The Kier molecular flexibility index (Phi) is 6.61. The molecule has 0 aliphatic heterocycles. The van der Waals surface area contributed by atoms with E-state index < -0.39 is 0 Å². The van der Waals surface area contributed by atoms with E-state index in [-0.39, 0.29) is 0 Å². The van der Waals surface area contributed by atoms with Gasteiger partial charge in [-0.3, -0.25) is 0 Å². The molecule has 0 radical (unpaired) electrons. The van der Waals surface area contributed by atoms with E-state index in [1.165, 1.54) is 5.01 Å². The number of aromatic nitrogens is 1. The van der Waals surface area contributed by atoms with E-state index in [0.29, 0.717) is 5.92 Å². The minimum absolute atomic E-state index is 0.616. The van der Waals surface area contributed by atoms with Crippen molar-refractivity contribution in [3.63, 3.8) is 0 Å². The number of nitrogens with one attached hydrogen (secondary N) is 1. The smallest absolute Gasteiger partial charge is 0.0926 e. The molecule has 4 heteroatoms. The number of hydrogen-bond donors (Lipinski definition) is 1. The first kappa shape index (κ1) is 13.6. The maximum absolute atomic E-state index is 5.48. The molecule has 0 amide bonds. The molecule has 0 unspecified atom stereocenters. The molecule has 0 spiro atoms. The van der Waals surface area contributed by atoms with Gasteiger partial charge in [0, 0.05) is 25.1 Å². The van der Waals surface area contributed by atoms with Crippen LogP contribution in [0.15, 0.2) is 5.38 Å². The fourth-order valence-corrected chi connectivity index (χ4v) is 2.02. The third-order valence-corrected chi connectivity index (χ3v) is 3.12. The largest absolute Gasteiger partial charge is 0.380 e. The molecule has 1 heterocycles. The highest BCUT2D eigenvalue weighted by atomic mass is 32.1. The molecule has 0 aromatic carbocycles. The van der Waals surface area contributed by atoms with Gasteiger partial charge in [0.15, 0.2) is 0 Å². The van der Waals surface area contributed by atoms with Gasteiger partial charge in [0.25, 0.3) is 0 Å². The number of aryl methyl sites for hydroxylation is 1. The van der Waals surface area contributed by atoms with Crippen LogP contribution in [0.5, 0.6) is 0 Å². The van der Waals surface area contributed by atoms with E-state index >= 15 is 0 Å². The fraction of sp³-hybridized carbons (Fsp3) is 0.750. The lowest BCUT2D eigenvalue weighted by Crippen LogP contribution is -2.20. The van der Waals surface area contributed by atoms with E-state index in [1.54, 1.807) is 11.3 Å². The van der Waals surface area contributed by atoms with Gasteiger partial charge in [-0.05, 0) is 12.3 Å². The standard InChI is InChI=1S/C12H22N2OS/c1-4-12-14-11(9-16-12)7-13-5-6-15-8-10(2)3/h9-10,13H,4-8H2,1-3H3. The van der Waals surface area contributed by atoms with Gasteiger partial charge in [-0.2, -0.15) is 0 Å². The Morgan fingerprint density at radius 1 is 1.50 bits per heavy atom. The van der Waals surface area contributed by atoms with E-state index in [1.807, 2.05) is 0 Å². The topological polar surface area (TPSA) is 34.2 Å².